The smallest absolute Gasteiger partial charge is 0.305 e. The molecule has 0 aromatic rings. The van der Waals surface area contributed by atoms with Crippen LogP contribution in [0.25, 0.3) is 0 Å². The zero-order valence-electron chi connectivity index (χ0n) is 12.1. The number of rotatable bonds is 14. The van der Waals surface area contributed by atoms with Crippen molar-refractivity contribution in [3.63, 3.8) is 0 Å². The number of carbonyl (C=O) groups excluding carboxylic acids is 1. The Hall–Kier alpha value is -1.13. The Morgan fingerprint density at radius 1 is 0.900 bits per heavy atom. The zero-order valence-corrected chi connectivity index (χ0v) is 12.1. The highest BCUT2D eigenvalue weighted by Gasteiger charge is 1.98. The van der Waals surface area contributed by atoms with Gasteiger partial charge in [0.1, 0.15) is 6.61 Å². The minimum atomic E-state index is -0.215. The Morgan fingerprint density at radius 3 is 1.90 bits per heavy atom. The van der Waals surface area contributed by atoms with Crippen LogP contribution < -0.4 is 0 Å². The summed E-state index contributed by atoms with van der Waals surface area (Å²) in [5.41, 5.74) is 0. The lowest BCUT2D eigenvalue weighted by Crippen LogP contribution is -2.12. The predicted molar refractivity (Wildman–Crippen MR) is 73.4 cm³/mol. The standard InChI is InChI=1S/C14H24O6/c1-3-6-17-8-10-19-12-13-20-11-9-18-7-4-5-14(15)16-2/h1H,4-13H2,2H3. The maximum absolute atomic E-state index is 10.8. The van der Waals surface area contributed by atoms with Gasteiger partial charge in [-0.3, -0.25) is 4.79 Å². The molecule has 6 heteroatoms. The van der Waals surface area contributed by atoms with Crippen molar-refractivity contribution in [2.24, 2.45) is 0 Å². The van der Waals surface area contributed by atoms with Crippen molar-refractivity contribution in [3.8, 4) is 12.3 Å². The van der Waals surface area contributed by atoms with E-state index in [1.54, 1.807) is 0 Å². The molecule has 0 amide bonds. The lowest BCUT2D eigenvalue weighted by Gasteiger charge is -2.06. The molecule has 0 radical (unpaired) electrons. The number of esters is 1. The van der Waals surface area contributed by atoms with Crippen LogP contribution >= 0.6 is 0 Å². The molecule has 0 aliphatic carbocycles. The van der Waals surface area contributed by atoms with Crippen molar-refractivity contribution in [1.82, 2.24) is 0 Å². The summed E-state index contributed by atoms with van der Waals surface area (Å²) >= 11 is 0. The molecule has 116 valence electrons. The number of hydrogen-bond donors (Lipinski definition) is 0. The van der Waals surface area contributed by atoms with Crippen LogP contribution in [0.4, 0.5) is 0 Å². The van der Waals surface area contributed by atoms with Gasteiger partial charge in [0, 0.05) is 13.0 Å². The monoisotopic (exact) mass is 288 g/mol. The van der Waals surface area contributed by atoms with Gasteiger partial charge in [0.05, 0.1) is 46.8 Å². The van der Waals surface area contributed by atoms with E-state index in [0.717, 1.165) is 0 Å². The summed E-state index contributed by atoms with van der Waals surface area (Å²) in [4.78, 5) is 10.8. The second kappa shape index (κ2) is 15.9. The number of ether oxygens (including phenoxy) is 5. The largest absolute Gasteiger partial charge is 0.469 e. The molecule has 0 N–H and O–H groups in total. The van der Waals surface area contributed by atoms with Gasteiger partial charge in [-0.25, -0.2) is 0 Å². The van der Waals surface area contributed by atoms with E-state index in [9.17, 15) is 4.79 Å². The molecule has 0 saturated heterocycles. The molecule has 0 heterocycles. The maximum Gasteiger partial charge on any atom is 0.305 e. The molecule has 0 spiro atoms. The lowest BCUT2D eigenvalue weighted by atomic mass is 10.3. The molecule has 0 aliphatic rings. The van der Waals surface area contributed by atoms with Crippen LogP contribution in [0.5, 0.6) is 0 Å². The van der Waals surface area contributed by atoms with E-state index in [1.165, 1.54) is 7.11 Å². The molecular formula is C14H24O6. The van der Waals surface area contributed by atoms with Gasteiger partial charge in [-0.1, -0.05) is 5.92 Å². The van der Waals surface area contributed by atoms with Gasteiger partial charge < -0.3 is 23.7 Å². The zero-order chi connectivity index (χ0) is 14.9. The molecule has 0 aromatic heterocycles. The highest BCUT2D eigenvalue weighted by Crippen LogP contribution is 1.92. The van der Waals surface area contributed by atoms with E-state index in [2.05, 4.69) is 10.7 Å². The first kappa shape index (κ1) is 18.9. The van der Waals surface area contributed by atoms with Crippen LogP contribution in [0.3, 0.4) is 0 Å². The Balaban J connectivity index is 2.99. The highest BCUT2D eigenvalue weighted by atomic mass is 16.6. The molecule has 0 unspecified atom stereocenters. The van der Waals surface area contributed by atoms with Gasteiger partial charge in [0.2, 0.25) is 0 Å². The van der Waals surface area contributed by atoms with Gasteiger partial charge in [0.15, 0.2) is 0 Å². The Bertz CT molecular complexity index is 261. The summed E-state index contributed by atoms with van der Waals surface area (Å²) in [6.07, 6.45) is 6.06. The quantitative estimate of drug-likeness (QED) is 0.265. The van der Waals surface area contributed by atoms with E-state index in [1.807, 2.05) is 0 Å². The summed E-state index contributed by atoms with van der Waals surface area (Å²) in [7, 11) is 1.38. The van der Waals surface area contributed by atoms with Crippen LogP contribution in [0.15, 0.2) is 0 Å². The van der Waals surface area contributed by atoms with Crippen LogP contribution in [0, 0.1) is 12.3 Å². The lowest BCUT2D eigenvalue weighted by molar-refractivity contribution is -0.141. The summed E-state index contributed by atoms with van der Waals surface area (Å²) in [5, 5.41) is 0. The van der Waals surface area contributed by atoms with Crippen molar-refractivity contribution in [2.75, 3.05) is 60.0 Å². The Labute approximate surface area is 120 Å². The summed E-state index contributed by atoms with van der Waals surface area (Å²) < 4.78 is 25.4. The molecule has 6 nitrogen and oxygen atoms in total. The third kappa shape index (κ3) is 14.9. The van der Waals surface area contributed by atoms with Crippen molar-refractivity contribution in [1.29, 1.82) is 0 Å². The molecule has 0 fully saturated rings. The van der Waals surface area contributed by atoms with Gasteiger partial charge >= 0.3 is 5.97 Å². The number of terminal acetylenes is 1. The minimum absolute atomic E-state index is 0.215. The fourth-order valence-electron chi connectivity index (χ4n) is 1.21. The minimum Gasteiger partial charge on any atom is -0.469 e. The van der Waals surface area contributed by atoms with Crippen LogP contribution in [-0.2, 0) is 28.5 Å². The first-order chi connectivity index (χ1) is 9.81. The average molecular weight is 288 g/mol. The summed E-state index contributed by atoms with van der Waals surface area (Å²) in [5.74, 6) is 2.16. The van der Waals surface area contributed by atoms with Gasteiger partial charge in [-0.05, 0) is 6.42 Å². The maximum atomic E-state index is 10.8. The molecule has 0 aromatic carbocycles. The summed E-state index contributed by atoms with van der Waals surface area (Å²) in [6.45, 7) is 3.89. The van der Waals surface area contributed by atoms with E-state index in [4.69, 9.17) is 25.4 Å². The topological polar surface area (TPSA) is 63.2 Å². The molecule has 0 rings (SSSR count). The van der Waals surface area contributed by atoms with E-state index < -0.39 is 0 Å². The van der Waals surface area contributed by atoms with Crippen LogP contribution in [0.2, 0.25) is 0 Å². The van der Waals surface area contributed by atoms with E-state index in [-0.39, 0.29) is 5.97 Å². The number of carbonyl (C=O) groups is 1. The SMILES string of the molecule is C#CCOCCOCCOCCOCCCC(=O)OC. The van der Waals surface area contributed by atoms with Crippen LogP contribution in [0.1, 0.15) is 12.8 Å². The van der Waals surface area contributed by atoms with E-state index >= 15 is 0 Å². The Kier molecular flexibility index (Phi) is 15.0. The van der Waals surface area contributed by atoms with Crippen molar-refractivity contribution in [2.45, 2.75) is 12.8 Å². The van der Waals surface area contributed by atoms with Gasteiger partial charge in [-0.2, -0.15) is 0 Å². The van der Waals surface area contributed by atoms with Crippen molar-refractivity contribution in [3.05, 3.63) is 0 Å². The highest BCUT2D eigenvalue weighted by molar-refractivity contribution is 5.68. The Morgan fingerprint density at radius 2 is 1.40 bits per heavy atom. The first-order valence-corrected chi connectivity index (χ1v) is 6.62. The fraction of sp³-hybridized carbons (Fsp3) is 0.786. The number of methoxy groups -OCH3 is 1. The van der Waals surface area contributed by atoms with Crippen LogP contribution in [-0.4, -0.2) is 65.9 Å². The normalized spacial score (nSPS) is 10.2. The van der Waals surface area contributed by atoms with Crippen molar-refractivity contribution >= 4 is 5.97 Å². The first-order valence-electron chi connectivity index (χ1n) is 6.62. The van der Waals surface area contributed by atoms with Gasteiger partial charge in [0.25, 0.3) is 0 Å². The third-order valence-electron chi connectivity index (χ3n) is 2.20. The predicted octanol–water partition coefficient (Wildman–Crippen LogP) is 0.639. The molecule has 20 heavy (non-hydrogen) atoms. The molecule has 0 aliphatic heterocycles. The second-order valence-electron chi connectivity index (χ2n) is 3.77. The average Bonchev–Trinajstić information content (AvgIpc) is 2.47. The van der Waals surface area contributed by atoms with E-state index in [0.29, 0.717) is 65.7 Å². The molecular weight excluding hydrogens is 264 g/mol. The molecule has 0 bridgehead atoms. The van der Waals surface area contributed by atoms with Gasteiger partial charge in [-0.15, -0.1) is 6.42 Å². The number of hydrogen-bond acceptors (Lipinski definition) is 6. The molecule has 0 atom stereocenters. The summed E-state index contributed by atoms with van der Waals surface area (Å²) in [6, 6.07) is 0. The molecule has 0 saturated carbocycles. The second-order valence-corrected chi connectivity index (χ2v) is 3.77. The third-order valence-corrected chi connectivity index (χ3v) is 2.20. The fourth-order valence-corrected chi connectivity index (χ4v) is 1.21. The van der Waals surface area contributed by atoms with Crippen molar-refractivity contribution < 1.29 is 28.5 Å².